The molecule has 94 valence electrons. The van der Waals surface area contributed by atoms with Crippen molar-refractivity contribution in [2.75, 3.05) is 19.8 Å². The van der Waals surface area contributed by atoms with Crippen LogP contribution in [-0.4, -0.2) is 25.7 Å². The van der Waals surface area contributed by atoms with E-state index in [0.29, 0.717) is 19.7 Å². The van der Waals surface area contributed by atoms with Gasteiger partial charge in [0.25, 0.3) is 0 Å². The second-order valence-corrected chi connectivity index (χ2v) is 3.77. The summed E-state index contributed by atoms with van der Waals surface area (Å²) in [6, 6.07) is 4.69. The lowest BCUT2D eigenvalue weighted by molar-refractivity contribution is -0.122. The smallest absolute Gasteiger partial charge is 0.243 e. The number of halogens is 1. The monoisotopic (exact) mass is 240 g/mol. The van der Waals surface area contributed by atoms with Gasteiger partial charge in [-0.15, -0.1) is 0 Å². The summed E-state index contributed by atoms with van der Waals surface area (Å²) in [5, 5.41) is 3.10. The van der Waals surface area contributed by atoms with E-state index >= 15 is 0 Å². The van der Waals surface area contributed by atoms with E-state index in [1.165, 1.54) is 12.1 Å². The van der Waals surface area contributed by atoms with Crippen LogP contribution < -0.4 is 11.1 Å². The van der Waals surface area contributed by atoms with Gasteiger partial charge in [0.2, 0.25) is 5.91 Å². The number of nitrogens with two attached hydrogens (primary N) is 1. The van der Waals surface area contributed by atoms with Crippen molar-refractivity contribution >= 4 is 5.91 Å². The Morgan fingerprint density at radius 2 is 2.29 bits per heavy atom. The molecule has 0 saturated carbocycles. The fraction of sp³-hybridized carbons (Fsp3) is 0.417. The van der Waals surface area contributed by atoms with Crippen molar-refractivity contribution in [2.45, 2.75) is 13.5 Å². The molecule has 0 saturated heterocycles. The minimum Gasteiger partial charge on any atom is -0.370 e. The number of rotatable bonds is 7. The number of hydrogen-bond donors (Lipinski definition) is 2. The minimum absolute atomic E-state index is 0.0688. The average Bonchev–Trinajstić information content (AvgIpc) is 2.27. The molecule has 0 atom stereocenters. The molecule has 3 N–H and O–H groups in total. The molecule has 0 aliphatic rings. The zero-order valence-corrected chi connectivity index (χ0v) is 9.83. The van der Waals surface area contributed by atoms with Crippen LogP contribution in [0.3, 0.4) is 0 Å². The molecule has 1 amide bonds. The van der Waals surface area contributed by atoms with Gasteiger partial charge in [0, 0.05) is 13.1 Å². The van der Waals surface area contributed by atoms with Gasteiger partial charge in [0.15, 0.2) is 0 Å². The van der Waals surface area contributed by atoms with Gasteiger partial charge in [-0.1, -0.05) is 6.07 Å². The normalized spacial score (nSPS) is 10.5. The van der Waals surface area contributed by atoms with E-state index in [1.807, 2.05) is 6.92 Å². The zero-order valence-electron chi connectivity index (χ0n) is 9.83. The molecule has 5 heteroatoms. The van der Waals surface area contributed by atoms with E-state index in [9.17, 15) is 9.18 Å². The Morgan fingerprint density at radius 3 is 3.00 bits per heavy atom. The second kappa shape index (κ2) is 6.98. The van der Waals surface area contributed by atoms with E-state index in [4.69, 9.17) is 10.5 Å². The largest absolute Gasteiger partial charge is 0.370 e. The molecule has 0 unspecified atom stereocenters. The molecule has 1 aromatic carbocycles. The van der Waals surface area contributed by atoms with Crippen LogP contribution in [-0.2, 0) is 16.1 Å². The first-order valence-electron chi connectivity index (χ1n) is 5.41. The van der Waals surface area contributed by atoms with Crippen LogP contribution >= 0.6 is 0 Å². The first-order valence-corrected chi connectivity index (χ1v) is 5.41. The first kappa shape index (κ1) is 13.6. The summed E-state index contributed by atoms with van der Waals surface area (Å²) in [6.45, 7) is 3.42. The predicted molar refractivity (Wildman–Crippen MR) is 62.9 cm³/mol. The quantitative estimate of drug-likeness (QED) is 0.690. The third-order valence-corrected chi connectivity index (χ3v) is 2.29. The molecule has 0 radical (unpaired) electrons. The lowest BCUT2D eigenvalue weighted by Crippen LogP contribution is -2.24. The number of benzene rings is 1. The maximum Gasteiger partial charge on any atom is 0.243 e. The molecule has 0 aliphatic heterocycles. The highest BCUT2D eigenvalue weighted by Gasteiger charge is 2.00. The van der Waals surface area contributed by atoms with Crippen LogP contribution in [0.15, 0.2) is 18.2 Å². The Balaban J connectivity index is 2.22. The molecule has 0 spiro atoms. The molecule has 1 rings (SSSR count). The highest BCUT2D eigenvalue weighted by atomic mass is 19.1. The van der Waals surface area contributed by atoms with E-state index in [-0.39, 0.29) is 12.4 Å². The first-order chi connectivity index (χ1) is 8.09. The molecule has 0 bridgehead atoms. The summed E-state index contributed by atoms with van der Waals surface area (Å²) in [5.41, 5.74) is 6.86. The van der Waals surface area contributed by atoms with Gasteiger partial charge in [-0.2, -0.15) is 0 Å². The molecule has 17 heavy (non-hydrogen) atoms. The molecule has 0 aromatic heterocycles. The molecule has 1 aromatic rings. The fourth-order valence-corrected chi connectivity index (χ4v) is 1.37. The number of carbonyl (C=O) groups excluding carboxylic acids is 1. The number of hydrogen-bond acceptors (Lipinski definition) is 3. The van der Waals surface area contributed by atoms with E-state index in [0.717, 1.165) is 11.1 Å². The number of carbonyl (C=O) groups is 1. The molecular formula is C12H17FN2O2. The summed E-state index contributed by atoms with van der Waals surface area (Å²) in [7, 11) is 0. The highest BCUT2D eigenvalue weighted by Crippen LogP contribution is 2.09. The third kappa shape index (κ3) is 5.42. The van der Waals surface area contributed by atoms with Crippen LogP contribution in [0.2, 0.25) is 0 Å². The SMILES string of the molecule is Cc1ccc(F)cc1CNCCOCC(N)=O. The van der Waals surface area contributed by atoms with E-state index in [2.05, 4.69) is 5.32 Å². The van der Waals surface area contributed by atoms with E-state index < -0.39 is 5.91 Å². The second-order valence-electron chi connectivity index (χ2n) is 3.77. The fourth-order valence-electron chi connectivity index (χ4n) is 1.37. The Morgan fingerprint density at radius 1 is 1.53 bits per heavy atom. The summed E-state index contributed by atoms with van der Waals surface area (Å²) in [5.74, 6) is -0.719. The summed E-state index contributed by atoms with van der Waals surface area (Å²) < 4.78 is 17.9. The van der Waals surface area contributed by atoms with Crippen LogP contribution in [0.25, 0.3) is 0 Å². The molecule has 0 heterocycles. The summed E-state index contributed by atoms with van der Waals surface area (Å²) in [6.07, 6.45) is 0. The van der Waals surface area contributed by atoms with Gasteiger partial charge in [-0.3, -0.25) is 4.79 Å². The topological polar surface area (TPSA) is 64.3 Å². The molecular weight excluding hydrogens is 223 g/mol. The summed E-state index contributed by atoms with van der Waals surface area (Å²) >= 11 is 0. The van der Waals surface area contributed by atoms with Crippen LogP contribution in [0.5, 0.6) is 0 Å². The van der Waals surface area contributed by atoms with Crippen molar-refractivity contribution in [2.24, 2.45) is 5.73 Å². The van der Waals surface area contributed by atoms with Gasteiger partial charge < -0.3 is 15.8 Å². The number of amides is 1. The summed E-state index contributed by atoms with van der Waals surface area (Å²) in [4.78, 5) is 10.4. The van der Waals surface area contributed by atoms with Gasteiger partial charge in [-0.25, -0.2) is 4.39 Å². The number of nitrogens with one attached hydrogen (secondary N) is 1. The standard InChI is InChI=1S/C12H17FN2O2/c1-9-2-3-11(13)6-10(9)7-15-4-5-17-8-12(14)16/h2-3,6,15H,4-5,7-8H2,1H3,(H2,14,16). The van der Waals surface area contributed by atoms with E-state index in [1.54, 1.807) is 6.07 Å². The van der Waals surface area contributed by atoms with Crippen molar-refractivity contribution in [3.8, 4) is 0 Å². The number of aryl methyl sites for hydroxylation is 1. The van der Waals surface area contributed by atoms with Gasteiger partial charge in [-0.05, 0) is 30.2 Å². The van der Waals surface area contributed by atoms with Crippen LogP contribution in [0.1, 0.15) is 11.1 Å². The number of primary amides is 1. The van der Waals surface area contributed by atoms with Gasteiger partial charge in [0.1, 0.15) is 12.4 Å². The Hall–Kier alpha value is -1.46. The van der Waals surface area contributed by atoms with Crippen molar-refractivity contribution in [3.63, 3.8) is 0 Å². The van der Waals surface area contributed by atoms with Crippen molar-refractivity contribution in [1.29, 1.82) is 0 Å². The molecule has 0 aliphatic carbocycles. The predicted octanol–water partition coefficient (Wildman–Crippen LogP) is 0.726. The zero-order chi connectivity index (χ0) is 12.7. The number of ether oxygens (including phenoxy) is 1. The van der Waals surface area contributed by atoms with Crippen LogP contribution in [0, 0.1) is 12.7 Å². The maximum atomic E-state index is 13.0. The lowest BCUT2D eigenvalue weighted by Gasteiger charge is -2.08. The molecule has 4 nitrogen and oxygen atoms in total. The Labute approximate surface area is 100.0 Å². The van der Waals surface area contributed by atoms with Crippen LogP contribution in [0.4, 0.5) is 4.39 Å². The Kier molecular flexibility index (Phi) is 5.59. The highest BCUT2D eigenvalue weighted by molar-refractivity contribution is 5.74. The van der Waals surface area contributed by atoms with Gasteiger partial charge >= 0.3 is 0 Å². The third-order valence-electron chi connectivity index (χ3n) is 2.29. The minimum atomic E-state index is -0.481. The maximum absolute atomic E-state index is 13.0. The van der Waals surface area contributed by atoms with Crippen molar-refractivity contribution < 1.29 is 13.9 Å². The lowest BCUT2D eigenvalue weighted by atomic mass is 10.1. The average molecular weight is 240 g/mol. The molecule has 0 fully saturated rings. The Bertz CT molecular complexity index is 383. The van der Waals surface area contributed by atoms with Crippen molar-refractivity contribution in [1.82, 2.24) is 5.32 Å². The van der Waals surface area contributed by atoms with Crippen molar-refractivity contribution in [3.05, 3.63) is 35.1 Å². The van der Waals surface area contributed by atoms with Gasteiger partial charge in [0.05, 0.1) is 6.61 Å².